The molecule has 0 spiro atoms. The number of carbonyl (C=O) groups is 1. The Labute approximate surface area is 51.3 Å². The largest absolute Gasteiger partial charge is 0.623 e. The van der Waals surface area contributed by atoms with Gasteiger partial charge in [-0.05, 0) is 0 Å². The van der Waals surface area contributed by atoms with Crippen LogP contribution in [0.2, 0.25) is 0 Å². The smallest absolute Gasteiger partial charge is 0.391 e. The minimum absolute atomic E-state index is 0.213. The van der Waals surface area contributed by atoms with Gasteiger partial charge in [-0.3, -0.25) is 5.06 Å². The molecule has 1 heterocycles. The Balaban J connectivity index is 2.76. The second-order valence-electron chi connectivity index (χ2n) is 1.53. The highest BCUT2D eigenvalue weighted by Gasteiger charge is 2.16. The van der Waals surface area contributed by atoms with Crippen LogP contribution >= 0.6 is 0 Å². The van der Waals surface area contributed by atoms with Crippen molar-refractivity contribution in [3.63, 3.8) is 0 Å². The highest BCUT2D eigenvalue weighted by Crippen LogP contribution is 1.88. The van der Waals surface area contributed by atoms with Crippen LogP contribution in [0, 0.1) is 11.4 Å². The number of nitrogens with one attached hydrogen (secondary N) is 1. The highest BCUT2D eigenvalue weighted by molar-refractivity contribution is 5.84. The summed E-state index contributed by atoms with van der Waals surface area (Å²) in [5.74, 6) is -1.19. The molecular weight excluding hydrogens is 122 g/mol. The summed E-state index contributed by atoms with van der Waals surface area (Å²) < 4.78 is 0. The molecule has 0 fully saturated rings. The average molecular weight is 126 g/mol. The van der Waals surface area contributed by atoms with Crippen LogP contribution in [0.1, 0.15) is 0 Å². The third-order valence-corrected chi connectivity index (χ3v) is 0.939. The molecule has 47 valence electrons. The monoisotopic (exact) mass is 126 g/mol. The lowest BCUT2D eigenvalue weighted by molar-refractivity contribution is -0.752. The summed E-state index contributed by atoms with van der Waals surface area (Å²) in [6.07, 6.45) is 4.74. The van der Waals surface area contributed by atoms with Gasteiger partial charge in [-0.25, -0.2) is 4.79 Å². The summed E-state index contributed by atoms with van der Waals surface area (Å²) in [5.41, 5.74) is -0.213. The average Bonchev–Trinajstić information content (AvgIpc) is 2.13. The fraction of sp³-hybridized carbons (Fsp3) is 0. The van der Waals surface area contributed by atoms with Crippen molar-refractivity contribution in [1.82, 2.24) is 0 Å². The van der Waals surface area contributed by atoms with Crippen molar-refractivity contribution < 1.29 is 15.0 Å². The van der Waals surface area contributed by atoms with Crippen LogP contribution < -0.4 is 5.06 Å². The molecule has 0 saturated carbocycles. The van der Waals surface area contributed by atoms with Crippen LogP contribution in [-0.4, -0.2) is 11.1 Å². The van der Waals surface area contributed by atoms with Gasteiger partial charge in [0.15, 0.2) is 6.20 Å². The molecule has 4 heteroatoms. The maximum Gasteiger partial charge on any atom is 0.391 e. The van der Waals surface area contributed by atoms with Gasteiger partial charge in [0.1, 0.15) is 0 Å². The van der Waals surface area contributed by atoms with Crippen LogP contribution in [0.25, 0.3) is 0 Å². The van der Waals surface area contributed by atoms with Crippen molar-refractivity contribution in [2.75, 3.05) is 0 Å². The van der Waals surface area contributed by atoms with E-state index in [9.17, 15) is 10.0 Å². The Morgan fingerprint density at radius 2 is 2.56 bits per heavy atom. The van der Waals surface area contributed by atoms with E-state index < -0.39 is 11.0 Å². The van der Waals surface area contributed by atoms with Gasteiger partial charge in [0.2, 0.25) is 5.70 Å². The predicted octanol–water partition coefficient (Wildman–Crippen LogP) is -1.33. The van der Waals surface area contributed by atoms with E-state index in [1.165, 1.54) is 12.2 Å². The van der Waals surface area contributed by atoms with Gasteiger partial charge in [0.25, 0.3) is 0 Å². The van der Waals surface area contributed by atoms with Crippen LogP contribution in [0.5, 0.6) is 0 Å². The van der Waals surface area contributed by atoms with Gasteiger partial charge in [0, 0.05) is 12.2 Å². The lowest BCUT2D eigenvalue weighted by Gasteiger charge is -2.10. The van der Waals surface area contributed by atoms with Gasteiger partial charge in [-0.15, -0.1) is 0 Å². The molecule has 1 aliphatic rings. The summed E-state index contributed by atoms with van der Waals surface area (Å²) in [4.78, 5) is 10.1. The summed E-state index contributed by atoms with van der Waals surface area (Å²) in [7, 11) is 0. The first-order chi connectivity index (χ1) is 4.22. The molecule has 0 aromatic heterocycles. The number of rotatable bonds is 1. The molecule has 0 bridgehead atoms. The summed E-state index contributed by atoms with van der Waals surface area (Å²) >= 11 is 0. The Morgan fingerprint density at radius 3 is 2.78 bits per heavy atom. The topological polar surface area (TPSA) is 64.8 Å². The molecule has 0 aliphatic carbocycles. The molecule has 2 N–H and O–H groups in total. The van der Waals surface area contributed by atoms with Gasteiger partial charge < -0.3 is 10.3 Å². The first-order valence-electron chi connectivity index (χ1n) is 2.29. The zero-order valence-corrected chi connectivity index (χ0v) is 4.42. The first kappa shape index (κ1) is 6.00. The highest BCUT2D eigenvalue weighted by atomic mass is 16.5. The number of aliphatic carboxylic acids is 1. The quantitative estimate of drug-likeness (QED) is 0.428. The van der Waals surface area contributed by atoms with Crippen LogP contribution in [0.3, 0.4) is 0 Å². The molecule has 0 aromatic carbocycles. The number of quaternary nitrogens is 1. The maximum absolute atomic E-state index is 10.4. The normalized spacial score (nSPS) is 24.1. The molecule has 1 atom stereocenters. The van der Waals surface area contributed by atoms with Gasteiger partial charge >= 0.3 is 5.97 Å². The molecule has 1 radical (unpaired) electrons. The molecule has 0 aromatic rings. The third kappa shape index (κ3) is 0.984. The maximum atomic E-state index is 10.4. The van der Waals surface area contributed by atoms with E-state index >= 15 is 0 Å². The van der Waals surface area contributed by atoms with Crippen LogP contribution in [0.15, 0.2) is 17.8 Å². The van der Waals surface area contributed by atoms with Gasteiger partial charge in [0.05, 0.1) is 0 Å². The van der Waals surface area contributed by atoms with Crippen molar-refractivity contribution in [1.29, 1.82) is 0 Å². The van der Waals surface area contributed by atoms with Crippen LogP contribution in [0.4, 0.5) is 0 Å². The number of carboxylic acid groups (broad SMARTS) is 1. The Morgan fingerprint density at radius 1 is 1.89 bits per heavy atom. The van der Waals surface area contributed by atoms with E-state index in [1.807, 2.05) is 0 Å². The first-order valence-corrected chi connectivity index (χ1v) is 2.29. The Bertz CT molecular complexity index is 194. The van der Waals surface area contributed by atoms with Crippen LogP contribution in [-0.2, 0) is 4.79 Å². The summed E-state index contributed by atoms with van der Waals surface area (Å²) in [6.45, 7) is 0. The molecular formula is C5H4NO3. The summed E-state index contributed by atoms with van der Waals surface area (Å²) in [6, 6.07) is 0. The SMILES string of the molecule is O=C(O)C1=CC=[C][NH+]1[O-]. The number of carboxylic acids is 1. The van der Waals surface area contributed by atoms with E-state index in [4.69, 9.17) is 5.11 Å². The molecule has 0 amide bonds. The fourth-order valence-electron chi connectivity index (χ4n) is 0.523. The van der Waals surface area contributed by atoms with Crippen molar-refractivity contribution in [3.05, 3.63) is 29.3 Å². The Kier molecular flexibility index (Phi) is 1.33. The standard InChI is InChI=1S/C5H4NO3/c7-5(8)4-2-1-3-6(4)9/h1-2,6H,(H,7,8). The van der Waals surface area contributed by atoms with Gasteiger partial charge in [-0.1, -0.05) is 0 Å². The van der Waals surface area contributed by atoms with Crippen molar-refractivity contribution in [2.24, 2.45) is 0 Å². The second kappa shape index (κ2) is 2.00. The molecule has 1 aliphatic heterocycles. The molecule has 0 saturated heterocycles. The van der Waals surface area contributed by atoms with E-state index in [-0.39, 0.29) is 5.70 Å². The van der Waals surface area contributed by atoms with E-state index in [0.717, 1.165) is 0 Å². The van der Waals surface area contributed by atoms with E-state index in [0.29, 0.717) is 0 Å². The van der Waals surface area contributed by atoms with Crippen molar-refractivity contribution in [2.45, 2.75) is 0 Å². The minimum Gasteiger partial charge on any atom is -0.623 e. The zero-order valence-electron chi connectivity index (χ0n) is 4.42. The predicted molar refractivity (Wildman–Crippen MR) is 27.9 cm³/mol. The molecule has 1 unspecified atom stereocenters. The Hall–Kier alpha value is -1.13. The number of hydroxylamine groups is 2. The number of allylic oxidation sites excluding steroid dienone is 2. The fourth-order valence-corrected chi connectivity index (χ4v) is 0.523. The number of hydrogen-bond acceptors (Lipinski definition) is 2. The van der Waals surface area contributed by atoms with E-state index in [1.54, 1.807) is 0 Å². The van der Waals surface area contributed by atoms with Crippen molar-refractivity contribution >= 4 is 5.97 Å². The number of hydrogen-bond donors (Lipinski definition) is 2. The molecule has 9 heavy (non-hydrogen) atoms. The lowest BCUT2D eigenvalue weighted by Crippen LogP contribution is -3.00. The lowest BCUT2D eigenvalue weighted by atomic mass is 10.4. The van der Waals surface area contributed by atoms with E-state index in [2.05, 4.69) is 6.20 Å². The minimum atomic E-state index is -1.19. The zero-order chi connectivity index (χ0) is 6.85. The second-order valence-corrected chi connectivity index (χ2v) is 1.53. The molecule has 4 nitrogen and oxygen atoms in total. The van der Waals surface area contributed by atoms with Gasteiger partial charge in [-0.2, -0.15) is 0 Å². The summed E-state index contributed by atoms with van der Waals surface area (Å²) in [5, 5.41) is 18.1. The third-order valence-electron chi connectivity index (χ3n) is 0.939. The molecule has 1 rings (SSSR count). The van der Waals surface area contributed by atoms with Crippen molar-refractivity contribution in [3.8, 4) is 0 Å².